The van der Waals surface area contributed by atoms with Crippen LogP contribution < -0.4 is 10.6 Å². The smallest absolute Gasteiger partial charge is 0.250 e. The Hall–Kier alpha value is -0.360. The van der Waals surface area contributed by atoms with Gasteiger partial charge >= 0.3 is 0 Å². The van der Waals surface area contributed by atoms with Crippen LogP contribution >= 0.6 is 12.4 Å². The van der Waals surface area contributed by atoms with Crippen molar-refractivity contribution in [3.63, 3.8) is 0 Å². The SMILES string of the molecule is Cl.O=C(NCC1CCOCC1)C1CNCCO1. The number of halogens is 1. The van der Waals surface area contributed by atoms with Crippen molar-refractivity contribution in [1.82, 2.24) is 10.6 Å². The summed E-state index contributed by atoms with van der Waals surface area (Å²) in [4.78, 5) is 11.7. The normalized spacial score (nSPS) is 26.0. The van der Waals surface area contributed by atoms with Gasteiger partial charge in [0.1, 0.15) is 6.10 Å². The summed E-state index contributed by atoms with van der Waals surface area (Å²) in [7, 11) is 0. The van der Waals surface area contributed by atoms with Crippen molar-refractivity contribution in [2.75, 3.05) is 39.5 Å². The standard InChI is InChI=1S/C11H20N2O3.ClH/c14-11(10-8-12-3-6-16-10)13-7-9-1-4-15-5-2-9;/h9-10,12H,1-8H2,(H,13,14);1H. The van der Waals surface area contributed by atoms with Crippen LogP contribution in [0.3, 0.4) is 0 Å². The molecular weight excluding hydrogens is 244 g/mol. The van der Waals surface area contributed by atoms with E-state index in [1.807, 2.05) is 0 Å². The molecule has 0 bridgehead atoms. The Morgan fingerprint density at radius 1 is 1.29 bits per heavy atom. The molecule has 2 heterocycles. The van der Waals surface area contributed by atoms with Gasteiger partial charge in [0, 0.05) is 32.8 Å². The van der Waals surface area contributed by atoms with E-state index in [-0.39, 0.29) is 24.4 Å². The third-order valence-electron chi connectivity index (χ3n) is 3.13. The van der Waals surface area contributed by atoms with Crippen LogP contribution in [0.2, 0.25) is 0 Å². The fourth-order valence-electron chi connectivity index (χ4n) is 2.04. The number of carbonyl (C=O) groups is 1. The molecule has 2 fully saturated rings. The number of carbonyl (C=O) groups excluding carboxylic acids is 1. The first kappa shape index (κ1) is 14.7. The van der Waals surface area contributed by atoms with E-state index < -0.39 is 0 Å². The number of hydrogen-bond acceptors (Lipinski definition) is 4. The molecule has 0 radical (unpaired) electrons. The number of nitrogens with one attached hydrogen (secondary N) is 2. The summed E-state index contributed by atoms with van der Waals surface area (Å²) in [6.45, 7) is 4.48. The van der Waals surface area contributed by atoms with E-state index >= 15 is 0 Å². The van der Waals surface area contributed by atoms with Gasteiger partial charge in [-0.3, -0.25) is 4.79 Å². The molecule has 17 heavy (non-hydrogen) atoms. The molecule has 0 aromatic rings. The van der Waals surface area contributed by atoms with Gasteiger partial charge < -0.3 is 20.1 Å². The van der Waals surface area contributed by atoms with Gasteiger partial charge in [0.25, 0.3) is 0 Å². The molecule has 2 aliphatic rings. The molecule has 2 rings (SSSR count). The summed E-state index contributed by atoms with van der Waals surface area (Å²) in [6.07, 6.45) is 1.78. The number of rotatable bonds is 3. The highest BCUT2D eigenvalue weighted by Crippen LogP contribution is 2.13. The Balaban J connectivity index is 0.00000144. The second kappa shape index (κ2) is 7.87. The topological polar surface area (TPSA) is 59.6 Å². The van der Waals surface area contributed by atoms with E-state index in [1.165, 1.54) is 0 Å². The van der Waals surface area contributed by atoms with Gasteiger partial charge in [-0.1, -0.05) is 0 Å². The van der Waals surface area contributed by atoms with Crippen molar-refractivity contribution in [3.8, 4) is 0 Å². The molecule has 2 N–H and O–H groups in total. The van der Waals surface area contributed by atoms with Crippen molar-refractivity contribution in [2.24, 2.45) is 5.92 Å². The summed E-state index contributed by atoms with van der Waals surface area (Å²) in [5.74, 6) is 0.577. The summed E-state index contributed by atoms with van der Waals surface area (Å²) >= 11 is 0. The van der Waals surface area contributed by atoms with Crippen LogP contribution in [0.5, 0.6) is 0 Å². The minimum Gasteiger partial charge on any atom is -0.381 e. The Kier molecular flexibility index (Phi) is 6.80. The zero-order valence-electron chi connectivity index (χ0n) is 9.94. The molecule has 1 amide bonds. The average Bonchev–Trinajstić information content (AvgIpc) is 2.38. The van der Waals surface area contributed by atoms with Crippen LogP contribution in [0.15, 0.2) is 0 Å². The third kappa shape index (κ3) is 4.79. The van der Waals surface area contributed by atoms with Crippen LogP contribution in [0.1, 0.15) is 12.8 Å². The lowest BCUT2D eigenvalue weighted by Gasteiger charge is -2.25. The van der Waals surface area contributed by atoms with E-state index in [4.69, 9.17) is 9.47 Å². The first-order valence-electron chi connectivity index (χ1n) is 6.04. The van der Waals surface area contributed by atoms with Crippen LogP contribution in [-0.4, -0.2) is 51.5 Å². The Labute approximate surface area is 108 Å². The Morgan fingerprint density at radius 3 is 2.71 bits per heavy atom. The molecule has 0 aromatic carbocycles. The highest BCUT2D eigenvalue weighted by Gasteiger charge is 2.22. The van der Waals surface area contributed by atoms with Crippen molar-refractivity contribution in [3.05, 3.63) is 0 Å². The fourth-order valence-corrected chi connectivity index (χ4v) is 2.04. The van der Waals surface area contributed by atoms with Gasteiger partial charge in [-0.15, -0.1) is 12.4 Å². The van der Waals surface area contributed by atoms with Crippen LogP contribution in [-0.2, 0) is 14.3 Å². The lowest BCUT2D eigenvalue weighted by atomic mass is 10.0. The second-order valence-electron chi connectivity index (χ2n) is 4.36. The van der Waals surface area contributed by atoms with E-state index in [1.54, 1.807) is 0 Å². The highest BCUT2D eigenvalue weighted by atomic mass is 35.5. The zero-order chi connectivity index (χ0) is 11.2. The molecule has 0 spiro atoms. The largest absolute Gasteiger partial charge is 0.381 e. The van der Waals surface area contributed by atoms with Gasteiger partial charge in [0.15, 0.2) is 0 Å². The van der Waals surface area contributed by atoms with E-state index in [2.05, 4.69) is 10.6 Å². The predicted molar refractivity (Wildman–Crippen MR) is 66.4 cm³/mol. The third-order valence-corrected chi connectivity index (χ3v) is 3.13. The van der Waals surface area contributed by atoms with E-state index in [0.717, 1.165) is 39.1 Å². The van der Waals surface area contributed by atoms with Crippen LogP contribution in [0.4, 0.5) is 0 Å². The molecule has 100 valence electrons. The molecular formula is C11H21ClN2O3. The summed E-state index contributed by atoms with van der Waals surface area (Å²) in [6, 6.07) is 0. The summed E-state index contributed by atoms with van der Waals surface area (Å²) in [5.41, 5.74) is 0. The molecule has 2 saturated heterocycles. The maximum Gasteiger partial charge on any atom is 0.250 e. The number of ether oxygens (including phenoxy) is 2. The molecule has 0 aliphatic carbocycles. The van der Waals surface area contributed by atoms with Crippen molar-refractivity contribution >= 4 is 18.3 Å². The van der Waals surface area contributed by atoms with Gasteiger partial charge in [0.05, 0.1) is 6.61 Å². The number of hydrogen-bond donors (Lipinski definition) is 2. The first-order valence-corrected chi connectivity index (χ1v) is 6.04. The molecule has 0 saturated carbocycles. The maximum absolute atomic E-state index is 11.7. The quantitative estimate of drug-likeness (QED) is 0.750. The fraction of sp³-hybridized carbons (Fsp3) is 0.909. The molecule has 0 aromatic heterocycles. The first-order chi connectivity index (χ1) is 7.86. The average molecular weight is 265 g/mol. The van der Waals surface area contributed by atoms with Gasteiger partial charge in [-0.05, 0) is 18.8 Å². The van der Waals surface area contributed by atoms with E-state index in [9.17, 15) is 4.79 Å². The molecule has 1 atom stereocenters. The van der Waals surface area contributed by atoms with E-state index in [0.29, 0.717) is 19.1 Å². The Bertz CT molecular complexity index is 229. The summed E-state index contributed by atoms with van der Waals surface area (Å²) < 4.78 is 10.7. The molecule has 5 nitrogen and oxygen atoms in total. The minimum atomic E-state index is -0.311. The van der Waals surface area contributed by atoms with Gasteiger partial charge in [0.2, 0.25) is 5.91 Å². The second-order valence-corrected chi connectivity index (χ2v) is 4.36. The molecule has 2 aliphatic heterocycles. The van der Waals surface area contributed by atoms with Crippen LogP contribution in [0.25, 0.3) is 0 Å². The molecule has 6 heteroatoms. The van der Waals surface area contributed by atoms with Crippen LogP contribution in [0, 0.1) is 5.92 Å². The monoisotopic (exact) mass is 264 g/mol. The van der Waals surface area contributed by atoms with Crippen molar-refractivity contribution in [2.45, 2.75) is 18.9 Å². The van der Waals surface area contributed by atoms with Gasteiger partial charge in [-0.25, -0.2) is 0 Å². The van der Waals surface area contributed by atoms with Crippen molar-refractivity contribution < 1.29 is 14.3 Å². The highest BCUT2D eigenvalue weighted by molar-refractivity contribution is 5.85. The maximum atomic E-state index is 11.7. The predicted octanol–water partition coefficient (Wildman–Crippen LogP) is -0.0606. The minimum absolute atomic E-state index is 0. The Morgan fingerprint density at radius 2 is 2.06 bits per heavy atom. The van der Waals surface area contributed by atoms with Gasteiger partial charge in [-0.2, -0.15) is 0 Å². The molecule has 1 unspecified atom stereocenters. The lowest BCUT2D eigenvalue weighted by molar-refractivity contribution is -0.134. The number of morpholine rings is 1. The number of amides is 1. The lowest BCUT2D eigenvalue weighted by Crippen LogP contribution is -2.48. The van der Waals surface area contributed by atoms with Crippen molar-refractivity contribution in [1.29, 1.82) is 0 Å². The summed E-state index contributed by atoms with van der Waals surface area (Å²) in [5, 5.41) is 6.11. The zero-order valence-corrected chi connectivity index (χ0v) is 10.8.